The summed E-state index contributed by atoms with van der Waals surface area (Å²) < 4.78 is 39.3. The third-order valence-corrected chi connectivity index (χ3v) is 3.30. The standard InChI is InChI=1S/C16H17F3N4O/c1-4-7-20-15(24)12-9-22-23(14(12)10(2)3)13-6-5-11(8-21-13)16(17,18)19/h4-6,8-10H,1,7H2,2-3H3,(H,20,24). The lowest BCUT2D eigenvalue weighted by Gasteiger charge is -2.13. The van der Waals surface area contributed by atoms with Crippen LogP contribution in [-0.2, 0) is 6.18 Å². The second-order valence-corrected chi connectivity index (χ2v) is 5.41. The minimum absolute atomic E-state index is 0.0823. The highest BCUT2D eigenvalue weighted by Gasteiger charge is 2.31. The lowest BCUT2D eigenvalue weighted by atomic mass is 10.1. The summed E-state index contributed by atoms with van der Waals surface area (Å²) in [4.78, 5) is 16.0. The predicted octanol–water partition coefficient (Wildman–Crippen LogP) is 3.33. The van der Waals surface area contributed by atoms with Crippen LogP contribution in [0, 0.1) is 0 Å². The van der Waals surface area contributed by atoms with Crippen LogP contribution >= 0.6 is 0 Å². The molecule has 0 saturated carbocycles. The number of nitrogens with zero attached hydrogens (tertiary/aromatic N) is 3. The molecule has 0 saturated heterocycles. The zero-order valence-corrected chi connectivity index (χ0v) is 13.3. The second kappa shape index (κ2) is 6.86. The second-order valence-electron chi connectivity index (χ2n) is 5.41. The van der Waals surface area contributed by atoms with Gasteiger partial charge in [-0.25, -0.2) is 9.67 Å². The van der Waals surface area contributed by atoms with Crippen molar-refractivity contribution in [1.82, 2.24) is 20.1 Å². The summed E-state index contributed by atoms with van der Waals surface area (Å²) >= 11 is 0. The van der Waals surface area contributed by atoms with Crippen LogP contribution in [0.15, 0.2) is 37.2 Å². The van der Waals surface area contributed by atoms with E-state index in [2.05, 4.69) is 22.0 Å². The van der Waals surface area contributed by atoms with E-state index < -0.39 is 11.7 Å². The zero-order valence-electron chi connectivity index (χ0n) is 13.3. The molecule has 0 aliphatic heterocycles. The number of halogens is 3. The normalized spacial score (nSPS) is 11.6. The van der Waals surface area contributed by atoms with Gasteiger partial charge in [-0.3, -0.25) is 4.79 Å². The Hall–Kier alpha value is -2.64. The molecule has 2 aromatic rings. The molecule has 24 heavy (non-hydrogen) atoms. The van der Waals surface area contributed by atoms with Gasteiger partial charge >= 0.3 is 6.18 Å². The minimum Gasteiger partial charge on any atom is -0.348 e. The quantitative estimate of drug-likeness (QED) is 0.851. The van der Waals surface area contributed by atoms with Gasteiger partial charge in [-0.05, 0) is 18.1 Å². The summed E-state index contributed by atoms with van der Waals surface area (Å²) in [5.74, 6) is -0.188. The molecule has 0 bridgehead atoms. The Morgan fingerprint density at radius 1 is 1.38 bits per heavy atom. The molecule has 2 aromatic heterocycles. The Balaban J connectivity index is 2.42. The van der Waals surface area contributed by atoms with Gasteiger partial charge in [0.25, 0.3) is 5.91 Å². The number of carbonyl (C=O) groups excluding carboxylic acids is 1. The van der Waals surface area contributed by atoms with Gasteiger partial charge in [0.1, 0.15) is 0 Å². The van der Waals surface area contributed by atoms with E-state index in [0.717, 1.165) is 12.3 Å². The van der Waals surface area contributed by atoms with Crippen molar-refractivity contribution in [3.05, 3.63) is 54.0 Å². The number of amides is 1. The monoisotopic (exact) mass is 338 g/mol. The fourth-order valence-corrected chi connectivity index (χ4v) is 2.21. The number of aromatic nitrogens is 3. The topological polar surface area (TPSA) is 59.8 Å². The highest BCUT2D eigenvalue weighted by Crippen LogP contribution is 2.29. The molecule has 0 aliphatic rings. The van der Waals surface area contributed by atoms with E-state index in [1.54, 1.807) is 6.08 Å². The fraction of sp³-hybridized carbons (Fsp3) is 0.312. The maximum absolute atomic E-state index is 12.6. The van der Waals surface area contributed by atoms with E-state index >= 15 is 0 Å². The molecule has 1 amide bonds. The first-order valence-corrected chi connectivity index (χ1v) is 7.26. The van der Waals surface area contributed by atoms with Crippen LogP contribution in [0.3, 0.4) is 0 Å². The number of hydrogen-bond acceptors (Lipinski definition) is 3. The van der Waals surface area contributed by atoms with Gasteiger partial charge in [0, 0.05) is 12.7 Å². The van der Waals surface area contributed by atoms with Gasteiger partial charge in [0.15, 0.2) is 5.82 Å². The summed E-state index contributed by atoms with van der Waals surface area (Å²) in [6.07, 6.45) is -0.771. The maximum atomic E-state index is 12.6. The average Bonchev–Trinajstić information content (AvgIpc) is 2.97. The van der Waals surface area contributed by atoms with Gasteiger partial charge < -0.3 is 5.32 Å². The van der Waals surface area contributed by atoms with Crippen molar-refractivity contribution in [3.63, 3.8) is 0 Å². The van der Waals surface area contributed by atoms with Gasteiger partial charge in [-0.15, -0.1) is 6.58 Å². The SMILES string of the molecule is C=CCNC(=O)c1cnn(-c2ccc(C(F)(F)F)cn2)c1C(C)C. The third kappa shape index (κ3) is 3.64. The van der Waals surface area contributed by atoms with E-state index in [0.29, 0.717) is 17.8 Å². The van der Waals surface area contributed by atoms with E-state index in [1.165, 1.54) is 16.9 Å². The molecular weight excluding hydrogens is 321 g/mol. The molecule has 0 radical (unpaired) electrons. The summed E-state index contributed by atoms with van der Waals surface area (Å²) in [6.45, 7) is 7.56. The molecule has 128 valence electrons. The molecular formula is C16H17F3N4O. The van der Waals surface area contributed by atoms with Crippen LogP contribution in [-0.4, -0.2) is 27.2 Å². The summed E-state index contributed by atoms with van der Waals surface area (Å²) in [6, 6.07) is 2.17. The van der Waals surface area contributed by atoms with Crippen LogP contribution in [0.25, 0.3) is 5.82 Å². The van der Waals surface area contributed by atoms with Crippen LogP contribution < -0.4 is 5.32 Å². The lowest BCUT2D eigenvalue weighted by Crippen LogP contribution is -2.24. The maximum Gasteiger partial charge on any atom is 0.417 e. The molecule has 0 aliphatic carbocycles. The lowest BCUT2D eigenvalue weighted by molar-refractivity contribution is -0.137. The first-order valence-electron chi connectivity index (χ1n) is 7.26. The molecule has 2 heterocycles. The average molecular weight is 338 g/mol. The summed E-state index contributed by atoms with van der Waals surface area (Å²) in [7, 11) is 0. The van der Waals surface area contributed by atoms with Crippen LogP contribution in [0.5, 0.6) is 0 Å². The molecule has 5 nitrogen and oxygen atoms in total. The predicted molar refractivity (Wildman–Crippen MR) is 83.0 cm³/mol. The largest absolute Gasteiger partial charge is 0.417 e. The van der Waals surface area contributed by atoms with Gasteiger partial charge in [-0.2, -0.15) is 18.3 Å². The summed E-state index contributed by atoms with van der Waals surface area (Å²) in [5.41, 5.74) is 0.0887. The molecule has 0 fully saturated rings. The van der Waals surface area contributed by atoms with Crippen molar-refractivity contribution in [1.29, 1.82) is 0 Å². The van der Waals surface area contributed by atoms with E-state index in [-0.39, 0.29) is 17.6 Å². The molecule has 8 heteroatoms. The molecule has 0 spiro atoms. The van der Waals surface area contributed by atoms with E-state index in [9.17, 15) is 18.0 Å². The Labute approximate surface area is 137 Å². The smallest absolute Gasteiger partial charge is 0.348 e. The number of nitrogens with one attached hydrogen (secondary N) is 1. The third-order valence-electron chi connectivity index (χ3n) is 3.30. The van der Waals surface area contributed by atoms with Crippen LogP contribution in [0.4, 0.5) is 13.2 Å². The van der Waals surface area contributed by atoms with Crippen LogP contribution in [0.2, 0.25) is 0 Å². The zero-order chi connectivity index (χ0) is 17.9. The molecule has 0 atom stereocenters. The van der Waals surface area contributed by atoms with Crippen molar-refractivity contribution in [2.75, 3.05) is 6.54 Å². The fourth-order valence-electron chi connectivity index (χ4n) is 2.21. The van der Waals surface area contributed by atoms with Crippen LogP contribution in [0.1, 0.15) is 41.4 Å². The molecule has 2 rings (SSSR count). The highest BCUT2D eigenvalue weighted by atomic mass is 19.4. The van der Waals surface area contributed by atoms with Gasteiger partial charge in [0.05, 0.1) is 23.0 Å². The number of carbonyl (C=O) groups is 1. The highest BCUT2D eigenvalue weighted by molar-refractivity contribution is 5.95. The first kappa shape index (κ1) is 17.7. The number of hydrogen-bond donors (Lipinski definition) is 1. The van der Waals surface area contributed by atoms with Crippen molar-refractivity contribution >= 4 is 5.91 Å². The first-order chi connectivity index (χ1) is 11.3. The Bertz CT molecular complexity index is 733. The Kier molecular flexibility index (Phi) is 5.06. The Morgan fingerprint density at radius 3 is 2.58 bits per heavy atom. The Morgan fingerprint density at radius 2 is 2.08 bits per heavy atom. The number of alkyl halides is 3. The molecule has 0 aromatic carbocycles. The minimum atomic E-state index is -4.45. The summed E-state index contributed by atoms with van der Waals surface area (Å²) in [5, 5.41) is 6.77. The van der Waals surface area contributed by atoms with Crippen molar-refractivity contribution in [2.24, 2.45) is 0 Å². The van der Waals surface area contributed by atoms with Crippen molar-refractivity contribution < 1.29 is 18.0 Å². The van der Waals surface area contributed by atoms with E-state index in [1.807, 2.05) is 13.8 Å². The molecule has 1 N–H and O–H groups in total. The molecule has 0 unspecified atom stereocenters. The van der Waals surface area contributed by atoms with Gasteiger partial charge in [-0.1, -0.05) is 19.9 Å². The van der Waals surface area contributed by atoms with Gasteiger partial charge in [0.2, 0.25) is 0 Å². The van der Waals surface area contributed by atoms with Crippen molar-refractivity contribution in [3.8, 4) is 5.82 Å². The van der Waals surface area contributed by atoms with Crippen molar-refractivity contribution in [2.45, 2.75) is 25.9 Å². The van der Waals surface area contributed by atoms with E-state index in [4.69, 9.17) is 0 Å². The number of pyridine rings is 1. The number of rotatable bonds is 5.